The molecular weight excluding hydrogens is 200 g/mol. The molecule has 1 rings (SSSR count). The average Bonchev–Trinajstić information content (AvgIpc) is 2.42. The molecule has 0 aliphatic carbocycles. The minimum Gasteiger partial charge on any atom is -0.385 e. The van der Waals surface area contributed by atoms with Gasteiger partial charge in [0, 0.05) is 4.91 Å². The first-order chi connectivity index (χ1) is 6.61. The predicted octanol–water partition coefficient (Wildman–Crippen LogP) is 0.0510. The van der Waals surface area contributed by atoms with Crippen molar-refractivity contribution in [1.29, 1.82) is 0 Å². The van der Waals surface area contributed by atoms with Crippen LogP contribution >= 0.6 is 0 Å². The molecule has 1 saturated heterocycles. The van der Waals surface area contributed by atoms with Crippen molar-refractivity contribution in [3.8, 4) is 0 Å². The van der Waals surface area contributed by atoms with Crippen molar-refractivity contribution in [2.45, 2.75) is 30.7 Å². The van der Waals surface area contributed by atoms with Crippen molar-refractivity contribution >= 4 is 0 Å². The Bertz CT molecular complexity index is 248. The molecule has 0 aromatic heterocycles. The Labute approximate surface area is 77.7 Å². The van der Waals surface area contributed by atoms with Gasteiger partial charge in [-0.3, -0.25) is 4.39 Å². The highest BCUT2D eigenvalue weighted by molar-refractivity contribution is 4.93. The summed E-state index contributed by atoms with van der Waals surface area (Å²) in [7, 11) is 0. The Kier molecular flexibility index (Phi) is 3.59. The van der Waals surface area contributed by atoms with Gasteiger partial charge in [0.05, 0.1) is 6.04 Å². The molecule has 1 fully saturated rings. The van der Waals surface area contributed by atoms with E-state index in [0.717, 1.165) is 0 Å². The molecule has 14 heavy (non-hydrogen) atoms. The summed E-state index contributed by atoms with van der Waals surface area (Å²) in [5.74, 6) is 0. The van der Waals surface area contributed by atoms with Gasteiger partial charge in [0.15, 0.2) is 12.5 Å². The van der Waals surface area contributed by atoms with Crippen LogP contribution in [0.15, 0.2) is 5.11 Å². The van der Waals surface area contributed by atoms with Crippen LogP contribution in [0.25, 0.3) is 10.4 Å². The summed E-state index contributed by atoms with van der Waals surface area (Å²) >= 11 is 0. The molecule has 80 valence electrons. The number of azide groups is 1. The molecule has 0 radical (unpaired) electrons. The number of nitrogens with zero attached hydrogens (tertiary/aromatic N) is 3. The van der Waals surface area contributed by atoms with Crippen molar-refractivity contribution in [2.24, 2.45) is 5.11 Å². The highest BCUT2D eigenvalue weighted by Gasteiger charge is 2.46. The number of hydrogen-bond donors (Lipinski definition) is 2. The summed E-state index contributed by atoms with van der Waals surface area (Å²) in [4.78, 5) is 2.31. The molecule has 8 heteroatoms. The molecule has 0 aromatic carbocycles. The van der Waals surface area contributed by atoms with E-state index in [1.54, 1.807) is 0 Å². The van der Waals surface area contributed by atoms with Crippen molar-refractivity contribution in [3.05, 3.63) is 10.4 Å². The largest absolute Gasteiger partial charge is 0.385 e. The van der Waals surface area contributed by atoms with Gasteiger partial charge in [-0.25, -0.2) is 4.39 Å². The summed E-state index contributed by atoms with van der Waals surface area (Å²) in [6.07, 6.45) is -6.85. The first-order valence-electron chi connectivity index (χ1n) is 3.87. The zero-order chi connectivity index (χ0) is 10.7. The Morgan fingerprint density at radius 3 is 2.57 bits per heavy atom. The fraction of sp³-hybridized carbons (Fsp3) is 1.00. The van der Waals surface area contributed by atoms with E-state index in [9.17, 15) is 8.78 Å². The molecule has 0 aromatic rings. The lowest BCUT2D eigenvalue weighted by Gasteiger charge is -2.16. The number of ether oxygens (including phenoxy) is 1. The van der Waals surface area contributed by atoms with Gasteiger partial charge in [-0.15, -0.1) is 0 Å². The van der Waals surface area contributed by atoms with Crippen LogP contribution in [-0.4, -0.2) is 47.6 Å². The van der Waals surface area contributed by atoms with Crippen molar-refractivity contribution < 1.29 is 23.7 Å². The number of alkyl halides is 2. The van der Waals surface area contributed by atoms with Gasteiger partial charge >= 0.3 is 0 Å². The van der Waals surface area contributed by atoms with Gasteiger partial charge in [-0.1, -0.05) is 5.11 Å². The Balaban J connectivity index is 2.73. The van der Waals surface area contributed by atoms with Crippen LogP contribution in [0.1, 0.15) is 0 Å². The lowest BCUT2D eigenvalue weighted by molar-refractivity contribution is -0.130. The molecular formula is C6H9F2N3O3. The van der Waals surface area contributed by atoms with Crippen LogP contribution in [0.5, 0.6) is 0 Å². The molecule has 2 N–H and O–H groups in total. The van der Waals surface area contributed by atoms with Gasteiger partial charge in [0.1, 0.15) is 18.9 Å². The van der Waals surface area contributed by atoms with Crippen LogP contribution in [0.2, 0.25) is 0 Å². The molecule has 6 nitrogen and oxygen atoms in total. The lowest BCUT2D eigenvalue weighted by atomic mass is 10.1. The zero-order valence-corrected chi connectivity index (χ0v) is 6.99. The lowest BCUT2D eigenvalue weighted by Crippen LogP contribution is -2.35. The minimum atomic E-state index is -1.96. The summed E-state index contributed by atoms with van der Waals surface area (Å²) in [5.41, 5.74) is 8.03. The second kappa shape index (κ2) is 4.52. The van der Waals surface area contributed by atoms with E-state index in [1.807, 2.05) is 0 Å². The summed E-state index contributed by atoms with van der Waals surface area (Å²) in [5, 5.41) is 20.8. The van der Waals surface area contributed by atoms with E-state index in [1.165, 1.54) is 0 Å². The summed E-state index contributed by atoms with van der Waals surface area (Å²) in [6, 6.07) is -1.37. The van der Waals surface area contributed by atoms with Gasteiger partial charge < -0.3 is 14.9 Å². The van der Waals surface area contributed by atoms with Crippen molar-refractivity contribution in [1.82, 2.24) is 0 Å². The molecule has 1 aliphatic rings. The molecule has 0 amide bonds. The van der Waals surface area contributed by atoms with Crippen LogP contribution in [0.3, 0.4) is 0 Å². The maximum atomic E-state index is 13.1. The van der Waals surface area contributed by atoms with Gasteiger partial charge in [0.25, 0.3) is 0 Å². The van der Waals surface area contributed by atoms with E-state index in [4.69, 9.17) is 15.7 Å². The SMILES string of the molecule is [N-]=[N+]=NC(CF)C1OC(O)C(O)C1F. The van der Waals surface area contributed by atoms with E-state index >= 15 is 0 Å². The van der Waals surface area contributed by atoms with E-state index in [0.29, 0.717) is 0 Å². The van der Waals surface area contributed by atoms with Crippen LogP contribution in [-0.2, 0) is 4.74 Å². The fourth-order valence-corrected chi connectivity index (χ4v) is 1.22. The van der Waals surface area contributed by atoms with Crippen LogP contribution in [0, 0.1) is 0 Å². The molecule has 0 bridgehead atoms. The van der Waals surface area contributed by atoms with Gasteiger partial charge in [0.2, 0.25) is 0 Å². The van der Waals surface area contributed by atoms with Crippen molar-refractivity contribution in [3.63, 3.8) is 0 Å². The Morgan fingerprint density at radius 1 is 1.57 bits per heavy atom. The van der Waals surface area contributed by atoms with Crippen LogP contribution < -0.4 is 0 Å². The zero-order valence-electron chi connectivity index (χ0n) is 6.99. The number of aliphatic hydroxyl groups excluding tert-OH is 2. The minimum absolute atomic E-state index is 1.12. The standard InChI is InChI=1S/C6H9F2N3O3/c7-1-2(10-11-9)5-3(8)4(12)6(13)14-5/h2-6,12-13H,1H2. The average molecular weight is 209 g/mol. The number of hydrogen-bond acceptors (Lipinski definition) is 4. The molecule has 0 saturated carbocycles. The monoisotopic (exact) mass is 209 g/mol. The molecule has 5 atom stereocenters. The van der Waals surface area contributed by atoms with Crippen molar-refractivity contribution in [2.75, 3.05) is 6.67 Å². The third kappa shape index (κ3) is 1.93. The topological polar surface area (TPSA) is 98.5 Å². The summed E-state index contributed by atoms with van der Waals surface area (Å²) in [6.45, 7) is -1.12. The maximum Gasteiger partial charge on any atom is 0.184 e. The Morgan fingerprint density at radius 2 is 2.21 bits per heavy atom. The van der Waals surface area contributed by atoms with Gasteiger partial charge in [-0.2, -0.15) is 0 Å². The third-order valence-electron chi connectivity index (χ3n) is 1.97. The fourth-order valence-electron chi connectivity index (χ4n) is 1.22. The Hall–Kier alpha value is -0.950. The highest BCUT2D eigenvalue weighted by atomic mass is 19.1. The maximum absolute atomic E-state index is 13.1. The summed E-state index contributed by atoms with van der Waals surface area (Å²) < 4.78 is 29.9. The quantitative estimate of drug-likeness (QED) is 0.390. The second-order valence-corrected chi connectivity index (χ2v) is 2.85. The smallest absolute Gasteiger partial charge is 0.184 e. The second-order valence-electron chi connectivity index (χ2n) is 2.85. The van der Waals surface area contributed by atoms with E-state index in [2.05, 4.69) is 14.8 Å². The number of halogens is 2. The third-order valence-corrected chi connectivity index (χ3v) is 1.97. The molecule has 5 unspecified atom stereocenters. The molecule has 0 spiro atoms. The van der Waals surface area contributed by atoms with Crippen LogP contribution in [0.4, 0.5) is 8.78 Å². The first-order valence-corrected chi connectivity index (χ1v) is 3.87. The molecule has 1 aliphatic heterocycles. The molecule has 1 heterocycles. The highest BCUT2D eigenvalue weighted by Crippen LogP contribution is 2.26. The first kappa shape index (κ1) is 11.1. The normalized spacial score (nSPS) is 39.1. The number of aliphatic hydroxyl groups is 2. The predicted molar refractivity (Wildman–Crippen MR) is 40.7 cm³/mol. The van der Waals surface area contributed by atoms with E-state index in [-0.39, 0.29) is 0 Å². The number of rotatable bonds is 3. The van der Waals surface area contributed by atoms with E-state index < -0.39 is 37.4 Å². The van der Waals surface area contributed by atoms with Gasteiger partial charge in [-0.05, 0) is 5.53 Å².